The van der Waals surface area contributed by atoms with E-state index in [2.05, 4.69) is 20.8 Å². The summed E-state index contributed by atoms with van der Waals surface area (Å²) in [6.07, 6.45) is 0.687. The zero-order valence-corrected chi connectivity index (χ0v) is 16.5. The number of hydrogen-bond donors (Lipinski definition) is 2. The second-order valence-electron chi connectivity index (χ2n) is 6.27. The van der Waals surface area contributed by atoms with Crippen molar-refractivity contribution in [2.75, 3.05) is 19.0 Å². The molecule has 7 heteroatoms. The molecular formula is C21H21ClN4O2. The predicted octanol–water partition coefficient (Wildman–Crippen LogP) is 4.16. The highest BCUT2D eigenvalue weighted by molar-refractivity contribution is 6.30. The summed E-state index contributed by atoms with van der Waals surface area (Å²) in [5, 5.41) is 14.8. The number of nitrogens with zero attached hydrogens (tertiary/aromatic N) is 2. The van der Waals surface area contributed by atoms with Crippen LogP contribution in [0.25, 0.3) is 0 Å². The van der Waals surface area contributed by atoms with Gasteiger partial charge in [0, 0.05) is 11.6 Å². The van der Waals surface area contributed by atoms with Crippen molar-refractivity contribution >= 4 is 29.0 Å². The Morgan fingerprint density at radius 1 is 1.11 bits per heavy atom. The first-order valence-electron chi connectivity index (χ1n) is 8.83. The summed E-state index contributed by atoms with van der Waals surface area (Å²) in [5.74, 6) is 0.962. The standard InChI is InChI=1S/C21H21ClN4O2/c1-14-6-8-19(28-2)18(12-14)24-20-9-7-17(25-26-20)21(27)23-11-10-15-4-3-5-16(22)13-15/h3-9,12-13H,10-11H2,1-2H3,(H,23,27)(H,24,26). The molecule has 0 radical (unpaired) electrons. The number of rotatable bonds is 7. The lowest BCUT2D eigenvalue weighted by molar-refractivity contribution is 0.0948. The van der Waals surface area contributed by atoms with Crippen LogP contribution in [-0.2, 0) is 6.42 Å². The molecule has 1 aromatic heterocycles. The molecule has 0 saturated heterocycles. The number of benzene rings is 2. The van der Waals surface area contributed by atoms with Gasteiger partial charge in [0.1, 0.15) is 5.75 Å². The summed E-state index contributed by atoms with van der Waals surface area (Å²) >= 11 is 5.96. The fourth-order valence-corrected chi connectivity index (χ4v) is 2.89. The Kier molecular flexibility index (Phi) is 6.45. The molecule has 0 unspecified atom stereocenters. The largest absolute Gasteiger partial charge is 0.495 e. The van der Waals surface area contributed by atoms with Crippen molar-refractivity contribution < 1.29 is 9.53 Å². The molecular weight excluding hydrogens is 376 g/mol. The van der Waals surface area contributed by atoms with Crippen molar-refractivity contribution in [1.82, 2.24) is 15.5 Å². The fraction of sp³-hybridized carbons (Fsp3) is 0.190. The first-order chi connectivity index (χ1) is 13.5. The van der Waals surface area contributed by atoms with E-state index in [9.17, 15) is 4.79 Å². The van der Waals surface area contributed by atoms with E-state index in [1.54, 1.807) is 19.2 Å². The van der Waals surface area contributed by atoms with Gasteiger partial charge in [0.2, 0.25) is 0 Å². The third kappa shape index (κ3) is 5.20. The maximum atomic E-state index is 12.2. The third-order valence-electron chi connectivity index (χ3n) is 4.10. The average molecular weight is 397 g/mol. The Morgan fingerprint density at radius 2 is 1.96 bits per heavy atom. The van der Waals surface area contributed by atoms with Crippen LogP contribution in [0.3, 0.4) is 0 Å². The van der Waals surface area contributed by atoms with Gasteiger partial charge in [0.05, 0.1) is 12.8 Å². The number of carbonyl (C=O) groups excluding carboxylic acids is 1. The van der Waals surface area contributed by atoms with Gasteiger partial charge in [-0.3, -0.25) is 4.79 Å². The summed E-state index contributed by atoms with van der Waals surface area (Å²) in [6.45, 7) is 2.48. The summed E-state index contributed by atoms with van der Waals surface area (Å²) < 4.78 is 5.34. The molecule has 1 amide bonds. The fourth-order valence-electron chi connectivity index (χ4n) is 2.68. The maximum absolute atomic E-state index is 12.2. The molecule has 0 fully saturated rings. The molecule has 3 rings (SSSR count). The van der Waals surface area contributed by atoms with Gasteiger partial charge in [-0.15, -0.1) is 10.2 Å². The first-order valence-corrected chi connectivity index (χ1v) is 9.21. The summed E-state index contributed by atoms with van der Waals surface area (Å²) in [4.78, 5) is 12.2. The molecule has 2 N–H and O–H groups in total. The van der Waals surface area contributed by atoms with Gasteiger partial charge in [-0.2, -0.15) is 0 Å². The lowest BCUT2D eigenvalue weighted by Gasteiger charge is -2.11. The van der Waals surface area contributed by atoms with Gasteiger partial charge in [0.25, 0.3) is 5.91 Å². The number of methoxy groups -OCH3 is 1. The third-order valence-corrected chi connectivity index (χ3v) is 4.34. The van der Waals surface area contributed by atoms with Gasteiger partial charge in [-0.05, 0) is 60.9 Å². The quantitative estimate of drug-likeness (QED) is 0.627. The second-order valence-corrected chi connectivity index (χ2v) is 6.70. The highest BCUT2D eigenvalue weighted by Crippen LogP contribution is 2.27. The number of aromatic nitrogens is 2. The Labute approximate surface area is 168 Å². The molecule has 28 heavy (non-hydrogen) atoms. The molecule has 0 spiro atoms. The Bertz CT molecular complexity index is 961. The molecule has 0 aliphatic heterocycles. The lowest BCUT2D eigenvalue weighted by Crippen LogP contribution is -2.26. The van der Waals surface area contributed by atoms with Crippen LogP contribution in [0.5, 0.6) is 5.75 Å². The first kappa shape index (κ1) is 19.6. The van der Waals surface area contributed by atoms with E-state index in [0.717, 1.165) is 16.8 Å². The summed E-state index contributed by atoms with van der Waals surface area (Å²) in [6, 6.07) is 16.7. The number of halogens is 1. The molecule has 6 nitrogen and oxygen atoms in total. The molecule has 0 atom stereocenters. The molecule has 0 saturated carbocycles. The van der Waals surface area contributed by atoms with Gasteiger partial charge in [-0.25, -0.2) is 0 Å². The van der Waals surface area contributed by atoms with Crippen LogP contribution in [0.1, 0.15) is 21.6 Å². The predicted molar refractivity (Wildman–Crippen MR) is 111 cm³/mol. The van der Waals surface area contributed by atoms with Gasteiger partial charge < -0.3 is 15.4 Å². The van der Waals surface area contributed by atoms with Crippen molar-refractivity contribution in [1.29, 1.82) is 0 Å². The minimum atomic E-state index is -0.269. The Morgan fingerprint density at radius 3 is 2.68 bits per heavy atom. The van der Waals surface area contributed by atoms with Gasteiger partial charge in [-0.1, -0.05) is 29.8 Å². The molecule has 0 bridgehead atoms. The minimum Gasteiger partial charge on any atom is -0.495 e. The number of hydrogen-bond acceptors (Lipinski definition) is 5. The van der Waals surface area contributed by atoms with Crippen LogP contribution >= 0.6 is 11.6 Å². The highest BCUT2D eigenvalue weighted by atomic mass is 35.5. The van der Waals surface area contributed by atoms with E-state index in [4.69, 9.17) is 16.3 Å². The van der Waals surface area contributed by atoms with Crippen LogP contribution in [-0.4, -0.2) is 29.8 Å². The monoisotopic (exact) mass is 396 g/mol. The van der Waals surface area contributed by atoms with E-state index < -0.39 is 0 Å². The van der Waals surface area contributed by atoms with Gasteiger partial charge in [0.15, 0.2) is 11.5 Å². The number of ether oxygens (including phenoxy) is 1. The topological polar surface area (TPSA) is 76.1 Å². The van der Waals surface area contributed by atoms with Crippen molar-refractivity contribution in [3.8, 4) is 5.75 Å². The van der Waals surface area contributed by atoms with E-state index >= 15 is 0 Å². The summed E-state index contributed by atoms with van der Waals surface area (Å²) in [5.41, 5.74) is 3.20. The Hall–Kier alpha value is -3.12. The molecule has 144 valence electrons. The lowest BCUT2D eigenvalue weighted by atomic mass is 10.1. The van der Waals surface area contributed by atoms with Crippen molar-refractivity contribution in [2.24, 2.45) is 0 Å². The number of anilines is 2. The number of carbonyl (C=O) groups is 1. The SMILES string of the molecule is COc1ccc(C)cc1Nc1ccc(C(=O)NCCc2cccc(Cl)c2)nn1. The summed E-state index contributed by atoms with van der Waals surface area (Å²) in [7, 11) is 1.61. The smallest absolute Gasteiger partial charge is 0.271 e. The molecule has 1 heterocycles. The van der Waals surface area contributed by atoms with Gasteiger partial charge >= 0.3 is 0 Å². The minimum absolute atomic E-state index is 0.257. The molecule has 0 aliphatic rings. The zero-order valence-electron chi connectivity index (χ0n) is 15.7. The average Bonchev–Trinajstić information content (AvgIpc) is 2.69. The van der Waals surface area contributed by atoms with Crippen LogP contribution in [0, 0.1) is 6.92 Å². The van der Waals surface area contributed by atoms with Crippen molar-refractivity contribution in [2.45, 2.75) is 13.3 Å². The van der Waals surface area contributed by atoms with E-state index in [1.165, 1.54) is 0 Å². The second kappa shape index (κ2) is 9.19. The van der Waals surface area contributed by atoms with Crippen LogP contribution in [0.15, 0.2) is 54.6 Å². The number of nitrogens with one attached hydrogen (secondary N) is 2. The van der Waals surface area contributed by atoms with Crippen LogP contribution < -0.4 is 15.4 Å². The maximum Gasteiger partial charge on any atom is 0.271 e. The van der Waals surface area contributed by atoms with E-state index in [1.807, 2.05) is 49.4 Å². The van der Waals surface area contributed by atoms with Crippen LogP contribution in [0.4, 0.5) is 11.5 Å². The normalized spacial score (nSPS) is 10.4. The van der Waals surface area contributed by atoms with Crippen molar-refractivity contribution in [3.63, 3.8) is 0 Å². The van der Waals surface area contributed by atoms with E-state index in [-0.39, 0.29) is 11.6 Å². The highest BCUT2D eigenvalue weighted by Gasteiger charge is 2.09. The molecule has 2 aromatic carbocycles. The van der Waals surface area contributed by atoms with Crippen molar-refractivity contribution in [3.05, 3.63) is 76.4 Å². The van der Waals surface area contributed by atoms with Crippen LogP contribution in [0.2, 0.25) is 5.02 Å². The Balaban J connectivity index is 1.58. The zero-order chi connectivity index (χ0) is 19.9. The number of amides is 1. The number of aryl methyl sites for hydroxylation is 1. The molecule has 0 aliphatic carbocycles. The molecule has 3 aromatic rings. The van der Waals surface area contributed by atoms with E-state index in [0.29, 0.717) is 29.6 Å².